The van der Waals surface area contributed by atoms with Crippen molar-refractivity contribution in [3.63, 3.8) is 0 Å². The van der Waals surface area contributed by atoms with E-state index in [0.717, 1.165) is 12.4 Å². The van der Waals surface area contributed by atoms with Crippen LogP contribution >= 0.6 is 0 Å². The number of alkyl halides is 3. The second kappa shape index (κ2) is 3.91. The molecule has 0 aliphatic rings. The number of aromatic nitrogens is 2. The molecule has 0 unspecified atom stereocenters. The third-order valence-electron chi connectivity index (χ3n) is 1.27. The number of rotatable bonds is 1. The lowest BCUT2D eigenvalue weighted by Crippen LogP contribution is -2.30. The van der Waals surface area contributed by atoms with E-state index in [-0.39, 0.29) is 11.5 Å². The van der Waals surface area contributed by atoms with Crippen molar-refractivity contribution in [2.75, 3.05) is 5.32 Å². The Balaban J connectivity index is 2.75. The Kier molecular flexibility index (Phi) is 2.85. The normalized spacial score (nSPS) is 10.5. The SMILES string of the molecule is N#Cc1ncc(NC(=O)C(F)(F)F)cn1. The number of hydrogen-bond donors (Lipinski definition) is 1. The Morgan fingerprint density at radius 3 is 2.33 bits per heavy atom. The monoisotopic (exact) mass is 216 g/mol. The molecule has 0 radical (unpaired) electrons. The van der Waals surface area contributed by atoms with Crippen LogP contribution in [-0.4, -0.2) is 22.1 Å². The first-order valence-electron chi connectivity index (χ1n) is 3.54. The van der Waals surface area contributed by atoms with Crippen LogP contribution in [0, 0.1) is 11.3 Å². The van der Waals surface area contributed by atoms with Crippen LogP contribution in [0.5, 0.6) is 0 Å². The van der Waals surface area contributed by atoms with E-state index in [0.29, 0.717) is 0 Å². The molecule has 0 aliphatic heterocycles. The maximum atomic E-state index is 11.8. The summed E-state index contributed by atoms with van der Waals surface area (Å²) in [6.07, 6.45) is -3.14. The molecule has 0 atom stereocenters. The average molecular weight is 216 g/mol. The molecule has 1 amide bonds. The summed E-state index contributed by atoms with van der Waals surface area (Å²) in [6, 6.07) is 1.58. The minimum Gasteiger partial charge on any atom is -0.316 e. The second-order valence-electron chi connectivity index (χ2n) is 2.36. The van der Waals surface area contributed by atoms with Crippen LogP contribution in [0.1, 0.15) is 5.82 Å². The summed E-state index contributed by atoms with van der Waals surface area (Å²) >= 11 is 0. The van der Waals surface area contributed by atoms with Crippen molar-refractivity contribution < 1.29 is 18.0 Å². The van der Waals surface area contributed by atoms with Crippen LogP contribution < -0.4 is 5.32 Å². The molecule has 1 heterocycles. The van der Waals surface area contributed by atoms with Crippen molar-refractivity contribution in [3.05, 3.63) is 18.2 Å². The molecule has 0 saturated carbocycles. The van der Waals surface area contributed by atoms with Gasteiger partial charge < -0.3 is 5.32 Å². The van der Waals surface area contributed by atoms with Crippen LogP contribution in [-0.2, 0) is 4.79 Å². The van der Waals surface area contributed by atoms with Gasteiger partial charge in [0.05, 0.1) is 18.1 Å². The number of halogens is 3. The van der Waals surface area contributed by atoms with Gasteiger partial charge in [0.1, 0.15) is 6.07 Å². The van der Waals surface area contributed by atoms with E-state index in [9.17, 15) is 18.0 Å². The highest BCUT2D eigenvalue weighted by Crippen LogP contribution is 2.17. The number of amides is 1. The minimum absolute atomic E-state index is 0.194. The van der Waals surface area contributed by atoms with Crippen molar-refractivity contribution in [3.8, 4) is 6.07 Å². The molecule has 1 aromatic heterocycles. The predicted octanol–water partition coefficient (Wildman–Crippen LogP) is 0.849. The molecule has 1 N–H and O–H groups in total. The summed E-state index contributed by atoms with van der Waals surface area (Å²) in [6.45, 7) is 0. The number of hydrogen-bond acceptors (Lipinski definition) is 4. The molecule has 15 heavy (non-hydrogen) atoms. The van der Waals surface area contributed by atoms with Crippen LogP contribution in [0.2, 0.25) is 0 Å². The Hall–Kier alpha value is -2.17. The molecule has 1 rings (SSSR count). The predicted molar refractivity (Wildman–Crippen MR) is 41.4 cm³/mol. The molecule has 5 nitrogen and oxygen atoms in total. The van der Waals surface area contributed by atoms with E-state index in [2.05, 4.69) is 9.97 Å². The van der Waals surface area contributed by atoms with Gasteiger partial charge in [-0.15, -0.1) is 0 Å². The molecule has 0 aromatic carbocycles. The third kappa shape index (κ3) is 2.91. The third-order valence-corrected chi connectivity index (χ3v) is 1.27. The van der Waals surface area contributed by atoms with Gasteiger partial charge >= 0.3 is 12.1 Å². The van der Waals surface area contributed by atoms with Crippen molar-refractivity contribution in [2.45, 2.75) is 6.18 Å². The fourth-order valence-corrected chi connectivity index (χ4v) is 0.652. The minimum atomic E-state index is -4.96. The summed E-state index contributed by atoms with van der Waals surface area (Å²) < 4.78 is 35.3. The lowest BCUT2D eigenvalue weighted by molar-refractivity contribution is -0.167. The maximum Gasteiger partial charge on any atom is 0.471 e. The Morgan fingerprint density at radius 1 is 1.40 bits per heavy atom. The molecular weight excluding hydrogens is 213 g/mol. The largest absolute Gasteiger partial charge is 0.471 e. The van der Waals surface area contributed by atoms with E-state index in [1.807, 2.05) is 0 Å². The van der Waals surface area contributed by atoms with Gasteiger partial charge in [-0.1, -0.05) is 0 Å². The summed E-state index contributed by atoms with van der Waals surface area (Å²) in [5, 5.41) is 9.83. The Bertz CT molecular complexity index is 406. The summed E-state index contributed by atoms with van der Waals surface area (Å²) in [5.74, 6) is -2.31. The zero-order chi connectivity index (χ0) is 11.5. The molecular formula is C7H3F3N4O. The van der Waals surface area contributed by atoms with Gasteiger partial charge in [0.15, 0.2) is 0 Å². The fourth-order valence-electron chi connectivity index (χ4n) is 0.652. The highest BCUT2D eigenvalue weighted by atomic mass is 19.4. The lowest BCUT2D eigenvalue weighted by Gasteiger charge is -2.06. The van der Waals surface area contributed by atoms with Gasteiger partial charge in [0, 0.05) is 0 Å². The number of nitrogens with zero attached hydrogens (tertiary/aromatic N) is 3. The van der Waals surface area contributed by atoms with Crippen LogP contribution in [0.15, 0.2) is 12.4 Å². The molecule has 8 heteroatoms. The Morgan fingerprint density at radius 2 is 1.93 bits per heavy atom. The van der Waals surface area contributed by atoms with Gasteiger partial charge in [-0.05, 0) is 0 Å². The quantitative estimate of drug-likeness (QED) is 0.754. The van der Waals surface area contributed by atoms with Gasteiger partial charge in [0.25, 0.3) is 0 Å². The van der Waals surface area contributed by atoms with E-state index in [1.54, 1.807) is 6.07 Å². The fraction of sp³-hybridized carbons (Fsp3) is 0.143. The van der Waals surface area contributed by atoms with Crippen LogP contribution in [0.3, 0.4) is 0 Å². The van der Waals surface area contributed by atoms with Gasteiger partial charge in [-0.25, -0.2) is 9.97 Å². The van der Waals surface area contributed by atoms with Crippen molar-refractivity contribution >= 4 is 11.6 Å². The average Bonchev–Trinajstić information content (AvgIpc) is 2.17. The first kappa shape index (κ1) is 10.9. The summed E-state index contributed by atoms with van der Waals surface area (Å²) in [4.78, 5) is 17.2. The molecule has 0 spiro atoms. The first-order valence-corrected chi connectivity index (χ1v) is 3.54. The number of carbonyl (C=O) groups is 1. The van der Waals surface area contributed by atoms with Crippen LogP contribution in [0.4, 0.5) is 18.9 Å². The van der Waals surface area contributed by atoms with Crippen LogP contribution in [0.25, 0.3) is 0 Å². The van der Waals surface area contributed by atoms with E-state index >= 15 is 0 Å². The number of carbonyl (C=O) groups excluding carboxylic acids is 1. The lowest BCUT2D eigenvalue weighted by atomic mass is 10.4. The second-order valence-corrected chi connectivity index (χ2v) is 2.36. The molecule has 0 aliphatic carbocycles. The smallest absolute Gasteiger partial charge is 0.316 e. The van der Waals surface area contributed by atoms with Gasteiger partial charge in [0.2, 0.25) is 5.82 Å². The highest BCUT2D eigenvalue weighted by molar-refractivity contribution is 5.94. The Labute approximate surface area is 81.6 Å². The first-order chi connectivity index (χ1) is 6.93. The van der Waals surface area contributed by atoms with Crippen molar-refractivity contribution in [1.82, 2.24) is 9.97 Å². The van der Waals surface area contributed by atoms with E-state index in [4.69, 9.17) is 5.26 Å². The van der Waals surface area contributed by atoms with Crippen molar-refractivity contribution in [1.29, 1.82) is 5.26 Å². The summed E-state index contributed by atoms with van der Waals surface area (Å²) in [5.41, 5.74) is -0.226. The highest BCUT2D eigenvalue weighted by Gasteiger charge is 2.38. The van der Waals surface area contributed by atoms with Gasteiger partial charge in [-0.3, -0.25) is 4.79 Å². The molecule has 1 aromatic rings. The number of nitrogens with one attached hydrogen (secondary N) is 1. The van der Waals surface area contributed by atoms with E-state index < -0.39 is 12.1 Å². The zero-order valence-corrected chi connectivity index (χ0v) is 7.04. The van der Waals surface area contributed by atoms with E-state index in [1.165, 1.54) is 5.32 Å². The summed E-state index contributed by atoms with van der Waals surface area (Å²) in [7, 11) is 0. The van der Waals surface area contributed by atoms with Gasteiger partial charge in [-0.2, -0.15) is 18.4 Å². The van der Waals surface area contributed by atoms with Crippen molar-refractivity contribution in [2.24, 2.45) is 0 Å². The zero-order valence-electron chi connectivity index (χ0n) is 7.04. The molecule has 0 bridgehead atoms. The molecule has 0 fully saturated rings. The number of nitriles is 1. The molecule has 0 saturated heterocycles. The topological polar surface area (TPSA) is 78.7 Å². The maximum absolute atomic E-state index is 11.8. The molecule has 78 valence electrons. The standard InChI is InChI=1S/C7H3F3N4O/c8-7(9,10)6(15)14-4-2-12-5(1-11)13-3-4/h2-3H,(H,14,15). The number of anilines is 1.